The molecule has 420 valence electrons. The average Bonchev–Trinajstić information content (AvgIpc) is 3.40. The van der Waals surface area contributed by atoms with Crippen molar-refractivity contribution >= 4 is 17.9 Å². The molecule has 0 bridgehead atoms. The predicted molar refractivity (Wildman–Crippen MR) is 320 cm³/mol. The molecular formula is C68H112O6. The van der Waals surface area contributed by atoms with Gasteiger partial charge in [-0.05, 0) is 116 Å². The van der Waals surface area contributed by atoms with Crippen LogP contribution in [-0.2, 0) is 28.6 Å². The Bertz CT molecular complexity index is 1550. The monoisotopic (exact) mass is 1020 g/mol. The number of allylic oxidation sites excluding steroid dienone is 20. The second-order valence-corrected chi connectivity index (χ2v) is 19.8. The van der Waals surface area contributed by atoms with Crippen LogP contribution in [0.1, 0.15) is 271 Å². The van der Waals surface area contributed by atoms with Crippen molar-refractivity contribution in [1.29, 1.82) is 0 Å². The number of unbranched alkanes of at least 4 members (excludes halogenated alkanes) is 23. The van der Waals surface area contributed by atoms with E-state index in [1.54, 1.807) is 0 Å². The number of hydrogen-bond donors (Lipinski definition) is 0. The highest BCUT2D eigenvalue weighted by molar-refractivity contribution is 5.71. The summed E-state index contributed by atoms with van der Waals surface area (Å²) in [5, 5.41) is 0. The Labute approximate surface area is 456 Å². The molecule has 0 spiro atoms. The molecule has 0 aromatic rings. The van der Waals surface area contributed by atoms with Crippen LogP contribution in [0.4, 0.5) is 0 Å². The van der Waals surface area contributed by atoms with Crippen molar-refractivity contribution in [3.63, 3.8) is 0 Å². The minimum Gasteiger partial charge on any atom is -0.462 e. The van der Waals surface area contributed by atoms with Crippen molar-refractivity contribution < 1.29 is 28.6 Å². The molecule has 0 rings (SSSR count). The van der Waals surface area contributed by atoms with Crippen molar-refractivity contribution in [3.05, 3.63) is 122 Å². The van der Waals surface area contributed by atoms with Crippen LogP contribution in [0.2, 0.25) is 0 Å². The lowest BCUT2D eigenvalue weighted by Crippen LogP contribution is -2.30. The van der Waals surface area contributed by atoms with E-state index in [-0.39, 0.29) is 31.6 Å². The van der Waals surface area contributed by atoms with Crippen LogP contribution >= 0.6 is 0 Å². The number of hydrogen-bond acceptors (Lipinski definition) is 6. The standard InChI is InChI=1S/C68H112O6/c1-4-7-10-13-16-19-22-25-26-27-28-29-30-31-32-33-34-35-36-37-38-39-40-41-42-44-46-49-52-55-58-61-67(70)73-64-65(63-72-66(69)60-57-54-51-48-45-24-21-18-15-12-9-6-3)74-68(71)62-59-56-53-50-47-43-23-20-17-14-11-8-5-2/h7-8,10-11,16-21,25-26,28-29,31-32,43,47,53,56,65H,4-6,9,12-15,22-24,27,30,33-42,44-46,48-52,54-55,57-64H2,1-3H3/b10-7-,11-8-,19-16-,20-17-,21-18-,26-25-,29-28-,32-31-,47-43-,56-53-. The normalized spacial score (nSPS) is 13.0. The Hall–Kier alpha value is -4.19. The molecular weight excluding hydrogens is 913 g/mol. The molecule has 0 saturated heterocycles. The van der Waals surface area contributed by atoms with Gasteiger partial charge in [0.1, 0.15) is 13.2 Å². The lowest BCUT2D eigenvalue weighted by Gasteiger charge is -2.18. The zero-order valence-electron chi connectivity index (χ0n) is 48.1. The first kappa shape index (κ1) is 69.8. The summed E-state index contributed by atoms with van der Waals surface area (Å²) in [6, 6.07) is 0. The van der Waals surface area contributed by atoms with E-state index in [0.717, 1.165) is 109 Å². The fourth-order valence-electron chi connectivity index (χ4n) is 8.18. The molecule has 0 aromatic heterocycles. The summed E-state index contributed by atoms with van der Waals surface area (Å²) in [7, 11) is 0. The maximum absolute atomic E-state index is 12.8. The Morgan fingerprint density at radius 1 is 0.284 bits per heavy atom. The molecule has 0 aliphatic carbocycles. The summed E-state index contributed by atoms with van der Waals surface area (Å²) >= 11 is 0. The lowest BCUT2D eigenvalue weighted by molar-refractivity contribution is -0.166. The highest BCUT2D eigenvalue weighted by atomic mass is 16.6. The molecule has 74 heavy (non-hydrogen) atoms. The third kappa shape index (κ3) is 58.7. The van der Waals surface area contributed by atoms with Crippen LogP contribution in [0, 0.1) is 0 Å². The van der Waals surface area contributed by atoms with Gasteiger partial charge in [0, 0.05) is 19.3 Å². The Morgan fingerprint density at radius 2 is 0.554 bits per heavy atom. The molecule has 6 nitrogen and oxygen atoms in total. The zero-order valence-corrected chi connectivity index (χ0v) is 48.1. The number of carbonyl (C=O) groups is 3. The van der Waals surface area contributed by atoms with E-state index in [1.165, 1.54) is 116 Å². The molecule has 0 aliphatic rings. The fraction of sp³-hybridized carbons (Fsp3) is 0.662. The van der Waals surface area contributed by atoms with Gasteiger partial charge in [-0.1, -0.05) is 258 Å². The van der Waals surface area contributed by atoms with Crippen LogP contribution in [0.5, 0.6) is 0 Å². The van der Waals surface area contributed by atoms with Crippen molar-refractivity contribution in [2.24, 2.45) is 0 Å². The van der Waals surface area contributed by atoms with Gasteiger partial charge in [-0.25, -0.2) is 0 Å². The van der Waals surface area contributed by atoms with Crippen LogP contribution in [0.25, 0.3) is 0 Å². The summed E-state index contributed by atoms with van der Waals surface area (Å²) in [4.78, 5) is 38.1. The molecule has 0 aromatic carbocycles. The van der Waals surface area contributed by atoms with Crippen LogP contribution < -0.4 is 0 Å². The Balaban J connectivity index is 4.21. The van der Waals surface area contributed by atoms with E-state index in [2.05, 4.69) is 130 Å². The topological polar surface area (TPSA) is 78.9 Å². The van der Waals surface area contributed by atoms with Crippen molar-refractivity contribution in [2.75, 3.05) is 13.2 Å². The quantitative estimate of drug-likeness (QED) is 0.0261. The first-order valence-electron chi connectivity index (χ1n) is 30.5. The maximum Gasteiger partial charge on any atom is 0.306 e. The van der Waals surface area contributed by atoms with Crippen LogP contribution in [0.15, 0.2) is 122 Å². The van der Waals surface area contributed by atoms with E-state index < -0.39 is 12.1 Å². The first-order valence-corrected chi connectivity index (χ1v) is 30.5. The summed E-state index contributed by atoms with van der Waals surface area (Å²) in [5.41, 5.74) is 0. The largest absolute Gasteiger partial charge is 0.462 e. The van der Waals surface area contributed by atoms with Gasteiger partial charge in [0.05, 0.1) is 0 Å². The summed E-state index contributed by atoms with van der Waals surface area (Å²) in [6.07, 6.45) is 85.2. The Morgan fingerprint density at radius 3 is 0.892 bits per heavy atom. The minimum atomic E-state index is -0.820. The summed E-state index contributed by atoms with van der Waals surface area (Å²) < 4.78 is 16.8. The average molecular weight is 1030 g/mol. The molecule has 0 N–H and O–H groups in total. The van der Waals surface area contributed by atoms with E-state index in [4.69, 9.17) is 14.2 Å². The second kappa shape index (κ2) is 61.4. The van der Waals surface area contributed by atoms with Gasteiger partial charge in [-0.15, -0.1) is 0 Å². The minimum absolute atomic E-state index is 0.110. The van der Waals surface area contributed by atoms with E-state index in [9.17, 15) is 14.4 Å². The fourth-order valence-corrected chi connectivity index (χ4v) is 8.18. The molecule has 0 aliphatic heterocycles. The zero-order chi connectivity index (χ0) is 53.6. The molecule has 0 amide bonds. The summed E-state index contributed by atoms with van der Waals surface area (Å²) in [6.45, 7) is 6.32. The van der Waals surface area contributed by atoms with Crippen LogP contribution in [-0.4, -0.2) is 37.2 Å². The van der Waals surface area contributed by atoms with Crippen LogP contribution in [0.3, 0.4) is 0 Å². The van der Waals surface area contributed by atoms with Gasteiger partial charge < -0.3 is 14.2 Å². The van der Waals surface area contributed by atoms with Gasteiger partial charge in [0.25, 0.3) is 0 Å². The predicted octanol–water partition coefficient (Wildman–Crippen LogP) is 20.8. The lowest BCUT2D eigenvalue weighted by atomic mass is 10.0. The highest BCUT2D eigenvalue weighted by Gasteiger charge is 2.19. The second-order valence-electron chi connectivity index (χ2n) is 19.8. The Kier molecular flexibility index (Phi) is 57.9. The molecule has 0 fully saturated rings. The highest BCUT2D eigenvalue weighted by Crippen LogP contribution is 2.16. The van der Waals surface area contributed by atoms with E-state index in [1.807, 2.05) is 12.2 Å². The van der Waals surface area contributed by atoms with Gasteiger partial charge in [-0.3, -0.25) is 14.4 Å². The number of rotatable bonds is 54. The number of ether oxygens (including phenoxy) is 3. The van der Waals surface area contributed by atoms with Gasteiger partial charge in [0.2, 0.25) is 0 Å². The smallest absolute Gasteiger partial charge is 0.306 e. The van der Waals surface area contributed by atoms with E-state index >= 15 is 0 Å². The molecule has 0 radical (unpaired) electrons. The molecule has 1 atom stereocenters. The van der Waals surface area contributed by atoms with E-state index in [0.29, 0.717) is 19.3 Å². The number of carbonyl (C=O) groups excluding carboxylic acids is 3. The van der Waals surface area contributed by atoms with Gasteiger partial charge in [0.15, 0.2) is 6.10 Å². The third-order valence-electron chi connectivity index (χ3n) is 12.7. The van der Waals surface area contributed by atoms with Gasteiger partial charge in [-0.2, -0.15) is 0 Å². The summed E-state index contributed by atoms with van der Waals surface area (Å²) in [5.74, 6) is -1.00. The molecule has 0 heterocycles. The number of esters is 3. The van der Waals surface area contributed by atoms with Crippen molar-refractivity contribution in [1.82, 2.24) is 0 Å². The molecule has 6 heteroatoms. The molecule has 1 unspecified atom stereocenters. The van der Waals surface area contributed by atoms with Crippen molar-refractivity contribution in [3.8, 4) is 0 Å². The molecule has 0 saturated carbocycles. The maximum atomic E-state index is 12.8. The SMILES string of the molecule is CC/C=C\C/C=C\C/C=C\C/C=C\C/C=C\CCCCCCCCCCCCCCCCCC(=O)OCC(COC(=O)CCCCCCC/C=C\CCCCC)OC(=O)CC/C=C\C/C=C\C/C=C\C/C=C\CC. The first-order chi connectivity index (χ1) is 36.5. The van der Waals surface area contributed by atoms with Crippen molar-refractivity contribution in [2.45, 2.75) is 277 Å². The third-order valence-corrected chi connectivity index (χ3v) is 12.7. The van der Waals surface area contributed by atoms with Gasteiger partial charge >= 0.3 is 17.9 Å².